The van der Waals surface area contributed by atoms with Crippen LogP contribution in [0.25, 0.3) is 23.3 Å². The van der Waals surface area contributed by atoms with Gasteiger partial charge in [-0.3, -0.25) is 9.59 Å². The monoisotopic (exact) mass is 522 g/mol. The summed E-state index contributed by atoms with van der Waals surface area (Å²) in [5.41, 5.74) is 3.91. The fourth-order valence-electron chi connectivity index (χ4n) is 3.91. The van der Waals surface area contributed by atoms with Crippen molar-refractivity contribution in [3.8, 4) is 16.9 Å². The molecule has 0 aliphatic carbocycles. The van der Waals surface area contributed by atoms with E-state index in [2.05, 4.69) is 15.9 Å². The van der Waals surface area contributed by atoms with E-state index in [0.717, 1.165) is 15.6 Å². The van der Waals surface area contributed by atoms with Crippen LogP contribution in [0.1, 0.15) is 37.4 Å². The normalized spacial score (nSPS) is 11.3. The molecule has 4 heteroatoms. The molecule has 0 saturated carbocycles. The van der Waals surface area contributed by atoms with E-state index in [1.165, 1.54) is 18.2 Å². The van der Waals surface area contributed by atoms with Gasteiger partial charge in [-0.1, -0.05) is 101 Å². The zero-order chi connectivity index (χ0) is 24.8. The van der Waals surface area contributed by atoms with Crippen molar-refractivity contribution in [2.24, 2.45) is 0 Å². The van der Waals surface area contributed by atoms with E-state index in [0.29, 0.717) is 22.3 Å². The van der Waals surface area contributed by atoms with Gasteiger partial charge in [0.25, 0.3) is 0 Å². The van der Waals surface area contributed by atoms with Gasteiger partial charge in [0, 0.05) is 15.6 Å². The van der Waals surface area contributed by atoms with Crippen LogP contribution in [0.3, 0.4) is 0 Å². The first-order chi connectivity index (χ1) is 16.9. The van der Waals surface area contributed by atoms with Crippen LogP contribution in [-0.2, 0) is 0 Å². The third-order valence-electron chi connectivity index (χ3n) is 5.58. The number of hydrogen-bond donors (Lipinski definition) is 1. The average molecular weight is 523 g/mol. The van der Waals surface area contributed by atoms with Crippen molar-refractivity contribution in [1.29, 1.82) is 0 Å². The number of halogens is 1. The summed E-state index contributed by atoms with van der Waals surface area (Å²) in [6.07, 6.45) is 6.38. The minimum atomic E-state index is -0.384. The molecule has 172 valence electrons. The van der Waals surface area contributed by atoms with Gasteiger partial charge in [-0.2, -0.15) is 0 Å². The lowest BCUT2D eigenvalue weighted by molar-refractivity contribution is 0.104. The van der Waals surface area contributed by atoms with Crippen molar-refractivity contribution in [3.63, 3.8) is 0 Å². The summed E-state index contributed by atoms with van der Waals surface area (Å²) in [6.45, 7) is 1.76. The predicted octanol–water partition coefficient (Wildman–Crippen LogP) is 7.92. The summed E-state index contributed by atoms with van der Waals surface area (Å²) < 4.78 is 0.867. The molecule has 0 atom stereocenters. The Labute approximate surface area is 213 Å². The van der Waals surface area contributed by atoms with E-state index in [4.69, 9.17) is 0 Å². The maximum absolute atomic E-state index is 13.5. The highest BCUT2D eigenvalue weighted by Crippen LogP contribution is 2.37. The molecule has 1 N–H and O–H groups in total. The molecule has 0 heterocycles. The zero-order valence-corrected chi connectivity index (χ0v) is 20.7. The van der Waals surface area contributed by atoms with Gasteiger partial charge in [-0.15, -0.1) is 0 Å². The van der Waals surface area contributed by atoms with Crippen LogP contribution < -0.4 is 0 Å². The number of phenols is 1. The number of phenolic OH excluding ortho intramolecular Hbond substituents is 1. The first-order valence-corrected chi connectivity index (χ1v) is 11.9. The number of aryl methyl sites for hydroxylation is 1. The molecule has 0 aliphatic rings. The Kier molecular flexibility index (Phi) is 7.54. The second kappa shape index (κ2) is 10.9. The number of ketones is 2. The third-order valence-corrected chi connectivity index (χ3v) is 6.11. The SMILES string of the molecule is Cc1cc(O)c(C(=O)/C=C/c2ccccc2)c(-c2ccc(Br)cc2)c1C(=O)/C=C/c1ccccc1. The van der Waals surface area contributed by atoms with Crippen LogP contribution in [0.15, 0.2) is 108 Å². The first kappa shape index (κ1) is 24.1. The third kappa shape index (κ3) is 5.73. The number of aromatic hydroxyl groups is 1. The molecule has 0 unspecified atom stereocenters. The topological polar surface area (TPSA) is 54.4 Å². The molecular weight excluding hydrogens is 500 g/mol. The average Bonchev–Trinajstić information content (AvgIpc) is 2.87. The molecule has 3 nitrogen and oxygen atoms in total. The smallest absolute Gasteiger partial charge is 0.190 e. The lowest BCUT2D eigenvalue weighted by Gasteiger charge is -2.17. The van der Waals surface area contributed by atoms with Crippen molar-refractivity contribution in [3.05, 3.63) is 135 Å². The largest absolute Gasteiger partial charge is 0.507 e. The molecule has 0 spiro atoms. The van der Waals surface area contributed by atoms with E-state index in [-0.39, 0.29) is 22.9 Å². The lowest BCUT2D eigenvalue weighted by atomic mass is 9.86. The summed E-state index contributed by atoms with van der Waals surface area (Å²) in [5.74, 6) is -0.789. The number of hydrogen-bond acceptors (Lipinski definition) is 3. The van der Waals surface area contributed by atoms with Crippen LogP contribution in [-0.4, -0.2) is 16.7 Å². The maximum atomic E-state index is 13.5. The van der Waals surface area contributed by atoms with Gasteiger partial charge in [0.2, 0.25) is 0 Å². The predicted molar refractivity (Wildman–Crippen MR) is 146 cm³/mol. The van der Waals surface area contributed by atoms with Crippen LogP contribution >= 0.6 is 15.9 Å². The Balaban J connectivity index is 1.86. The molecule has 0 aromatic heterocycles. The first-order valence-electron chi connectivity index (χ1n) is 11.1. The second-order valence-corrected chi connectivity index (χ2v) is 8.98. The molecule has 4 aromatic carbocycles. The Bertz CT molecular complexity index is 1330. The summed E-state index contributed by atoms with van der Waals surface area (Å²) in [4.78, 5) is 26.8. The molecule has 4 aromatic rings. The molecule has 0 amide bonds. The van der Waals surface area contributed by atoms with E-state index in [9.17, 15) is 14.7 Å². The zero-order valence-electron chi connectivity index (χ0n) is 19.1. The van der Waals surface area contributed by atoms with Gasteiger partial charge in [0.15, 0.2) is 11.6 Å². The van der Waals surface area contributed by atoms with E-state index in [1.807, 2.05) is 84.9 Å². The van der Waals surface area contributed by atoms with E-state index in [1.54, 1.807) is 19.1 Å². The van der Waals surface area contributed by atoms with Crippen molar-refractivity contribution in [2.75, 3.05) is 0 Å². The van der Waals surface area contributed by atoms with Crippen molar-refractivity contribution >= 4 is 39.6 Å². The molecule has 0 fully saturated rings. The number of allylic oxidation sites excluding steroid dienone is 2. The van der Waals surface area contributed by atoms with E-state index < -0.39 is 0 Å². The van der Waals surface area contributed by atoms with Crippen LogP contribution in [0, 0.1) is 6.92 Å². The Morgan fingerprint density at radius 3 is 1.71 bits per heavy atom. The van der Waals surface area contributed by atoms with Crippen LogP contribution in [0.4, 0.5) is 0 Å². The molecule has 0 bridgehead atoms. The standard InChI is InChI=1S/C31H23BrO3/c1-21-20-28(35)31(27(34)19-13-23-10-6-3-7-11-23)30(24-14-16-25(32)17-15-24)29(21)26(33)18-12-22-8-4-2-5-9-22/h2-20,35H,1H3/b18-12+,19-13+. The van der Waals surface area contributed by atoms with Crippen molar-refractivity contribution < 1.29 is 14.7 Å². The summed E-state index contributed by atoms with van der Waals surface area (Å²) in [6, 6.07) is 27.8. The fraction of sp³-hybridized carbons (Fsp3) is 0.0323. The number of carbonyl (C=O) groups excluding carboxylic acids is 2. The molecule has 4 rings (SSSR count). The number of carbonyl (C=O) groups is 2. The molecule has 0 radical (unpaired) electrons. The molecule has 0 saturated heterocycles. The van der Waals surface area contributed by atoms with Crippen LogP contribution in [0.2, 0.25) is 0 Å². The second-order valence-electron chi connectivity index (χ2n) is 8.06. The van der Waals surface area contributed by atoms with E-state index >= 15 is 0 Å². The maximum Gasteiger partial charge on any atom is 0.190 e. The summed E-state index contributed by atoms with van der Waals surface area (Å²) in [5, 5.41) is 10.9. The molecule has 0 aliphatic heterocycles. The van der Waals surface area contributed by atoms with Gasteiger partial charge < -0.3 is 5.11 Å². The highest BCUT2D eigenvalue weighted by atomic mass is 79.9. The Morgan fingerprint density at radius 1 is 0.714 bits per heavy atom. The van der Waals surface area contributed by atoms with Gasteiger partial charge in [0.1, 0.15) is 5.75 Å². The Hall–Kier alpha value is -4.02. The van der Waals surface area contributed by atoms with Crippen LogP contribution in [0.5, 0.6) is 5.75 Å². The van der Waals surface area contributed by atoms with Crippen molar-refractivity contribution in [2.45, 2.75) is 6.92 Å². The van der Waals surface area contributed by atoms with Gasteiger partial charge in [0.05, 0.1) is 5.56 Å². The van der Waals surface area contributed by atoms with Gasteiger partial charge in [-0.05, 0) is 59.5 Å². The number of benzene rings is 4. The fourth-order valence-corrected chi connectivity index (χ4v) is 4.17. The summed E-state index contributed by atoms with van der Waals surface area (Å²) >= 11 is 3.44. The van der Waals surface area contributed by atoms with Gasteiger partial charge in [-0.25, -0.2) is 0 Å². The summed E-state index contributed by atoms with van der Waals surface area (Å²) in [7, 11) is 0. The highest BCUT2D eigenvalue weighted by molar-refractivity contribution is 9.10. The Morgan fingerprint density at radius 2 is 1.20 bits per heavy atom. The quantitative estimate of drug-likeness (QED) is 0.198. The molecular formula is C31H23BrO3. The minimum Gasteiger partial charge on any atom is -0.507 e. The lowest BCUT2D eigenvalue weighted by Crippen LogP contribution is -2.08. The minimum absolute atomic E-state index is 0.0987. The number of rotatable bonds is 7. The highest BCUT2D eigenvalue weighted by Gasteiger charge is 2.24. The van der Waals surface area contributed by atoms with Gasteiger partial charge >= 0.3 is 0 Å². The molecule has 35 heavy (non-hydrogen) atoms. The van der Waals surface area contributed by atoms with Crippen molar-refractivity contribution in [1.82, 2.24) is 0 Å².